The van der Waals surface area contributed by atoms with Crippen LogP contribution >= 0.6 is 22.9 Å². The number of nitrogens with zero attached hydrogens (tertiary/aromatic N) is 5. The first-order chi connectivity index (χ1) is 19.4. The van der Waals surface area contributed by atoms with E-state index in [1.807, 2.05) is 47.4 Å². The topological polar surface area (TPSA) is 83.5 Å². The molecule has 1 amide bonds. The number of fused-ring (bicyclic) bond motifs is 3. The van der Waals surface area contributed by atoms with Crippen molar-refractivity contribution in [2.45, 2.75) is 33.4 Å². The van der Waals surface area contributed by atoms with Gasteiger partial charge in [0, 0.05) is 42.5 Å². The van der Waals surface area contributed by atoms with Gasteiger partial charge in [0.25, 0.3) is 0 Å². The zero-order valence-corrected chi connectivity index (χ0v) is 24.5. The number of halogens is 1. The Morgan fingerprint density at radius 3 is 2.90 bits per heavy atom. The minimum Gasteiger partial charge on any atom is -0.486 e. The van der Waals surface area contributed by atoms with Gasteiger partial charge in [-0.25, -0.2) is 9.97 Å². The number of anilines is 2. The Labute approximate surface area is 243 Å². The average Bonchev–Trinajstić information content (AvgIpc) is 3.31. The highest BCUT2D eigenvalue weighted by Crippen LogP contribution is 2.38. The number of likely N-dealkylation sites (N-methyl/N-ethyl adjacent to an activating group) is 1. The lowest BCUT2D eigenvalue weighted by atomic mass is 10.0. The van der Waals surface area contributed by atoms with Gasteiger partial charge in [0.1, 0.15) is 29.3 Å². The third kappa shape index (κ3) is 6.78. The van der Waals surface area contributed by atoms with Gasteiger partial charge < -0.3 is 19.9 Å². The molecule has 0 aliphatic carbocycles. The van der Waals surface area contributed by atoms with Crippen molar-refractivity contribution in [1.82, 2.24) is 24.8 Å². The number of carbonyl (C=O) groups is 1. The Morgan fingerprint density at radius 2 is 2.12 bits per heavy atom. The van der Waals surface area contributed by atoms with Crippen molar-refractivity contribution in [3.05, 3.63) is 82.2 Å². The summed E-state index contributed by atoms with van der Waals surface area (Å²) in [6.07, 6.45) is 7.72. The molecule has 1 N–H and O–H groups in total. The summed E-state index contributed by atoms with van der Waals surface area (Å²) in [5, 5.41) is 4.92. The lowest BCUT2D eigenvalue weighted by molar-refractivity contribution is -0.126. The second kappa shape index (κ2) is 12.8. The first-order valence-electron chi connectivity index (χ1n) is 13.4. The van der Waals surface area contributed by atoms with E-state index in [1.54, 1.807) is 29.9 Å². The van der Waals surface area contributed by atoms with Crippen molar-refractivity contribution >= 4 is 50.6 Å². The number of pyridine rings is 1. The quantitative estimate of drug-likeness (QED) is 0.229. The number of aromatic nitrogens is 3. The molecule has 5 rings (SSSR count). The van der Waals surface area contributed by atoms with Gasteiger partial charge in [-0.05, 0) is 55.3 Å². The third-order valence-corrected chi connectivity index (χ3v) is 8.02. The van der Waals surface area contributed by atoms with E-state index in [1.165, 1.54) is 5.56 Å². The minimum absolute atomic E-state index is 0.0467. The molecule has 0 saturated heterocycles. The van der Waals surface area contributed by atoms with E-state index in [2.05, 4.69) is 46.1 Å². The number of benzene rings is 1. The fraction of sp³-hybridized carbons (Fsp3) is 0.333. The van der Waals surface area contributed by atoms with Crippen molar-refractivity contribution in [3.63, 3.8) is 0 Å². The predicted molar refractivity (Wildman–Crippen MR) is 161 cm³/mol. The first kappa shape index (κ1) is 28.0. The molecule has 0 unspecified atom stereocenters. The summed E-state index contributed by atoms with van der Waals surface area (Å²) in [6.45, 7) is 7.73. The number of nitrogens with one attached hydrogen (secondary N) is 1. The maximum absolute atomic E-state index is 12.9. The second-order valence-corrected chi connectivity index (χ2v) is 11.8. The van der Waals surface area contributed by atoms with Crippen LogP contribution in [0.5, 0.6) is 5.75 Å². The first-order valence-corrected chi connectivity index (χ1v) is 14.6. The molecule has 8 nitrogen and oxygen atoms in total. The summed E-state index contributed by atoms with van der Waals surface area (Å²) in [4.78, 5) is 32.4. The van der Waals surface area contributed by atoms with Crippen LogP contribution in [-0.4, -0.2) is 57.3 Å². The number of amides is 1. The summed E-state index contributed by atoms with van der Waals surface area (Å²) < 4.78 is 5.86. The number of hydrogen-bond acceptors (Lipinski definition) is 8. The highest BCUT2D eigenvalue weighted by molar-refractivity contribution is 7.19. The Bertz CT molecular complexity index is 1510. The van der Waals surface area contributed by atoms with Gasteiger partial charge in [-0.15, -0.1) is 11.3 Å². The predicted octanol–water partition coefficient (Wildman–Crippen LogP) is 6.09. The number of rotatable bonds is 10. The molecule has 208 valence electrons. The number of carbonyl (C=O) groups excluding carboxylic acids is 1. The van der Waals surface area contributed by atoms with Crippen molar-refractivity contribution in [2.24, 2.45) is 5.92 Å². The lowest BCUT2D eigenvalue weighted by Gasteiger charge is -2.26. The molecule has 0 fully saturated rings. The molecule has 1 aromatic carbocycles. The molecule has 1 aliphatic rings. The van der Waals surface area contributed by atoms with E-state index in [0.29, 0.717) is 36.4 Å². The summed E-state index contributed by atoms with van der Waals surface area (Å²) in [5.41, 5.74) is 2.83. The van der Waals surface area contributed by atoms with E-state index in [9.17, 15) is 4.79 Å². The lowest BCUT2D eigenvalue weighted by Crippen LogP contribution is -2.34. The summed E-state index contributed by atoms with van der Waals surface area (Å²) >= 11 is 8.16. The van der Waals surface area contributed by atoms with Crippen LogP contribution in [0.2, 0.25) is 5.02 Å². The molecule has 3 aromatic heterocycles. The van der Waals surface area contributed by atoms with Crippen LogP contribution in [0, 0.1) is 5.92 Å². The number of ether oxygens (including phenoxy) is 1. The Hall–Kier alpha value is -3.53. The van der Waals surface area contributed by atoms with Gasteiger partial charge in [-0.1, -0.05) is 37.6 Å². The molecule has 10 heteroatoms. The van der Waals surface area contributed by atoms with Crippen LogP contribution in [0.1, 0.15) is 30.0 Å². The molecule has 40 heavy (non-hydrogen) atoms. The normalized spacial score (nSPS) is 13.4. The van der Waals surface area contributed by atoms with Crippen molar-refractivity contribution < 1.29 is 9.53 Å². The fourth-order valence-electron chi connectivity index (χ4n) is 4.82. The SMILES string of the molecule is CC(C)CN(C)CC=CC(=O)N1CCc2c(sc3ncnc(Nc4ccc(OCc5ccccn5)c(Cl)c4)c23)C1. The molecule has 0 radical (unpaired) electrons. The van der Waals surface area contributed by atoms with Crippen LogP contribution in [0.15, 0.2) is 61.1 Å². The maximum atomic E-state index is 12.9. The van der Waals surface area contributed by atoms with Crippen LogP contribution in [0.25, 0.3) is 10.2 Å². The van der Waals surface area contributed by atoms with Gasteiger partial charge >= 0.3 is 0 Å². The van der Waals surface area contributed by atoms with E-state index >= 15 is 0 Å². The summed E-state index contributed by atoms with van der Waals surface area (Å²) in [5.74, 6) is 1.96. The molecule has 0 bridgehead atoms. The molecule has 1 aliphatic heterocycles. The molecule has 0 atom stereocenters. The van der Waals surface area contributed by atoms with Crippen molar-refractivity contribution in [2.75, 3.05) is 32.0 Å². The zero-order valence-electron chi connectivity index (χ0n) is 22.9. The number of hydrogen-bond donors (Lipinski definition) is 1. The van der Waals surface area contributed by atoms with Crippen LogP contribution in [0.3, 0.4) is 0 Å². The van der Waals surface area contributed by atoms with Gasteiger partial charge in [0.05, 0.1) is 22.6 Å². The Morgan fingerprint density at radius 1 is 1.25 bits per heavy atom. The fourth-order valence-corrected chi connectivity index (χ4v) is 6.25. The third-order valence-electron chi connectivity index (χ3n) is 6.60. The Balaban J connectivity index is 1.26. The average molecular weight is 577 g/mol. The zero-order chi connectivity index (χ0) is 28.1. The van der Waals surface area contributed by atoms with E-state index in [-0.39, 0.29) is 5.91 Å². The van der Waals surface area contributed by atoms with E-state index in [0.717, 1.165) is 51.8 Å². The maximum Gasteiger partial charge on any atom is 0.246 e. The van der Waals surface area contributed by atoms with E-state index < -0.39 is 0 Å². The number of thiophene rings is 1. The highest BCUT2D eigenvalue weighted by Gasteiger charge is 2.25. The van der Waals surface area contributed by atoms with Gasteiger partial charge in [-0.3, -0.25) is 9.78 Å². The van der Waals surface area contributed by atoms with Gasteiger partial charge in [-0.2, -0.15) is 0 Å². The van der Waals surface area contributed by atoms with Crippen LogP contribution in [-0.2, 0) is 24.4 Å². The largest absolute Gasteiger partial charge is 0.486 e. The molecule has 4 aromatic rings. The molecule has 4 heterocycles. The second-order valence-electron chi connectivity index (χ2n) is 10.3. The van der Waals surface area contributed by atoms with E-state index in [4.69, 9.17) is 16.3 Å². The van der Waals surface area contributed by atoms with Crippen LogP contribution in [0.4, 0.5) is 11.5 Å². The highest BCUT2D eigenvalue weighted by atomic mass is 35.5. The van der Waals surface area contributed by atoms with Gasteiger partial charge in [0.15, 0.2) is 0 Å². The monoisotopic (exact) mass is 576 g/mol. The Kier molecular flexibility index (Phi) is 8.94. The van der Waals surface area contributed by atoms with Gasteiger partial charge in [0.2, 0.25) is 5.91 Å². The molecular weight excluding hydrogens is 544 g/mol. The van der Waals surface area contributed by atoms with Crippen molar-refractivity contribution in [3.8, 4) is 5.75 Å². The summed E-state index contributed by atoms with van der Waals surface area (Å²) in [7, 11) is 2.08. The van der Waals surface area contributed by atoms with Crippen LogP contribution < -0.4 is 10.1 Å². The smallest absolute Gasteiger partial charge is 0.246 e. The minimum atomic E-state index is 0.0467. The standard InChI is InChI=1S/C30H33ClN6O2S/c1-20(2)16-36(3)13-6-8-27(38)37-14-11-23-26(17-37)40-30-28(23)29(33-19-34-30)35-21-9-10-25(24(31)15-21)39-18-22-7-4-5-12-32-22/h4-10,12,15,19-20H,11,13-14,16-18H2,1-3H3,(H,33,34,35). The summed E-state index contributed by atoms with van der Waals surface area (Å²) in [6, 6.07) is 11.3. The molecular formula is C30H33ClN6O2S. The molecule has 0 saturated carbocycles. The molecule has 0 spiro atoms. The van der Waals surface area contributed by atoms with Crippen molar-refractivity contribution in [1.29, 1.82) is 0 Å².